The zero-order chi connectivity index (χ0) is 13.8. The van der Waals surface area contributed by atoms with Gasteiger partial charge < -0.3 is 15.8 Å². The van der Waals surface area contributed by atoms with Crippen LogP contribution < -0.4 is 11.1 Å². The second-order valence-electron chi connectivity index (χ2n) is 3.49. The van der Waals surface area contributed by atoms with Crippen molar-refractivity contribution < 1.29 is 22.7 Å². The van der Waals surface area contributed by atoms with Crippen LogP contribution in [0.15, 0.2) is 18.2 Å². The zero-order valence-electron chi connectivity index (χ0n) is 9.67. The Hall–Kier alpha value is -1.76. The van der Waals surface area contributed by atoms with Crippen LogP contribution in [0.4, 0.5) is 24.5 Å². The molecule has 1 aromatic carbocycles. The molecule has 0 unspecified atom stereocenters. The average Bonchev–Trinajstić information content (AvgIpc) is 2.27. The molecule has 1 amide bonds. The topological polar surface area (TPSA) is 64.3 Å². The molecule has 1 aromatic rings. The van der Waals surface area contributed by atoms with Gasteiger partial charge in [0, 0.05) is 12.3 Å². The molecule has 18 heavy (non-hydrogen) atoms. The average molecular weight is 262 g/mol. The predicted octanol–water partition coefficient (Wildman–Crippen LogP) is 2.26. The molecular formula is C11H13F3N2O2. The van der Waals surface area contributed by atoms with E-state index in [0.717, 1.165) is 12.1 Å². The number of hydrogen-bond acceptors (Lipinski definition) is 3. The molecule has 7 heteroatoms. The second-order valence-corrected chi connectivity index (χ2v) is 3.49. The van der Waals surface area contributed by atoms with Gasteiger partial charge in [0.2, 0.25) is 5.91 Å². The van der Waals surface area contributed by atoms with Gasteiger partial charge in [0.25, 0.3) is 0 Å². The lowest BCUT2D eigenvalue weighted by molar-refractivity contribution is -0.137. The SMILES string of the molecule is CCOCC(=O)Nc1ccc(N)cc1C(F)(F)F. The fourth-order valence-corrected chi connectivity index (χ4v) is 1.29. The lowest BCUT2D eigenvalue weighted by Gasteiger charge is -2.14. The lowest BCUT2D eigenvalue weighted by atomic mass is 10.1. The number of carbonyl (C=O) groups excluding carboxylic acids is 1. The number of nitrogens with one attached hydrogen (secondary N) is 1. The van der Waals surface area contributed by atoms with Crippen molar-refractivity contribution in [2.75, 3.05) is 24.3 Å². The van der Waals surface area contributed by atoms with Crippen molar-refractivity contribution in [2.45, 2.75) is 13.1 Å². The highest BCUT2D eigenvalue weighted by Gasteiger charge is 2.34. The second kappa shape index (κ2) is 5.72. The Morgan fingerprint density at radius 2 is 2.11 bits per heavy atom. The minimum atomic E-state index is -4.58. The number of benzene rings is 1. The maximum Gasteiger partial charge on any atom is 0.418 e. The van der Waals surface area contributed by atoms with Gasteiger partial charge in [-0.2, -0.15) is 13.2 Å². The van der Waals surface area contributed by atoms with Crippen LogP contribution in [0.25, 0.3) is 0 Å². The molecule has 4 nitrogen and oxygen atoms in total. The normalized spacial score (nSPS) is 11.3. The molecule has 0 aromatic heterocycles. The molecule has 0 radical (unpaired) electrons. The summed E-state index contributed by atoms with van der Waals surface area (Å²) in [6.45, 7) is 1.69. The van der Waals surface area contributed by atoms with E-state index in [2.05, 4.69) is 5.32 Å². The monoisotopic (exact) mass is 262 g/mol. The number of ether oxygens (including phenoxy) is 1. The van der Waals surface area contributed by atoms with Crippen molar-refractivity contribution >= 4 is 17.3 Å². The zero-order valence-corrected chi connectivity index (χ0v) is 9.67. The Morgan fingerprint density at radius 1 is 1.44 bits per heavy atom. The summed E-state index contributed by atoms with van der Waals surface area (Å²) in [7, 11) is 0. The number of anilines is 2. The number of nitrogens with two attached hydrogens (primary N) is 1. The number of rotatable bonds is 4. The minimum absolute atomic E-state index is 0.0230. The summed E-state index contributed by atoms with van der Waals surface area (Å²) >= 11 is 0. The van der Waals surface area contributed by atoms with Crippen LogP contribution in [0.2, 0.25) is 0 Å². The summed E-state index contributed by atoms with van der Waals surface area (Å²) in [4.78, 5) is 11.3. The van der Waals surface area contributed by atoms with Gasteiger partial charge in [-0.3, -0.25) is 4.79 Å². The molecule has 0 aliphatic rings. The summed E-state index contributed by atoms with van der Waals surface area (Å²) in [6.07, 6.45) is -4.58. The standard InChI is InChI=1S/C11H13F3N2O2/c1-2-18-6-10(17)16-9-4-3-7(15)5-8(9)11(12,13)14/h3-5H,2,6,15H2,1H3,(H,16,17). The molecule has 0 saturated carbocycles. The van der Waals surface area contributed by atoms with E-state index in [4.69, 9.17) is 10.5 Å². The van der Waals surface area contributed by atoms with E-state index in [0.29, 0.717) is 6.61 Å². The van der Waals surface area contributed by atoms with Gasteiger partial charge in [-0.15, -0.1) is 0 Å². The lowest BCUT2D eigenvalue weighted by Crippen LogP contribution is -2.21. The molecule has 0 heterocycles. The van der Waals surface area contributed by atoms with Gasteiger partial charge in [0.15, 0.2) is 0 Å². The van der Waals surface area contributed by atoms with Crippen LogP contribution >= 0.6 is 0 Å². The summed E-state index contributed by atoms with van der Waals surface area (Å²) in [5.41, 5.74) is 3.96. The first-order valence-corrected chi connectivity index (χ1v) is 5.19. The molecule has 3 N–H and O–H groups in total. The molecule has 0 atom stereocenters. The third-order valence-electron chi connectivity index (χ3n) is 2.06. The maximum absolute atomic E-state index is 12.7. The van der Waals surface area contributed by atoms with Crippen molar-refractivity contribution in [3.63, 3.8) is 0 Å². The van der Waals surface area contributed by atoms with Gasteiger partial charge in [-0.25, -0.2) is 0 Å². The summed E-state index contributed by atoms with van der Waals surface area (Å²) in [5.74, 6) is -0.646. The predicted molar refractivity (Wildman–Crippen MR) is 61.0 cm³/mol. The molecule has 0 saturated heterocycles. The molecule has 0 aliphatic heterocycles. The van der Waals surface area contributed by atoms with Gasteiger partial charge >= 0.3 is 6.18 Å². The van der Waals surface area contributed by atoms with Crippen molar-refractivity contribution in [1.82, 2.24) is 0 Å². The summed E-state index contributed by atoms with van der Waals surface area (Å²) in [6, 6.07) is 3.17. The van der Waals surface area contributed by atoms with E-state index in [1.165, 1.54) is 6.07 Å². The van der Waals surface area contributed by atoms with Gasteiger partial charge in [-0.05, 0) is 25.1 Å². The van der Waals surface area contributed by atoms with Crippen LogP contribution in [-0.2, 0) is 15.7 Å². The first-order chi connectivity index (χ1) is 8.34. The number of amides is 1. The smallest absolute Gasteiger partial charge is 0.399 e. The number of halogens is 3. The molecule has 0 spiro atoms. The summed E-state index contributed by atoms with van der Waals surface area (Å²) in [5, 5.41) is 2.14. The number of carbonyl (C=O) groups is 1. The van der Waals surface area contributed by atoms with E-state index in [9.17, 15) is 18.0 Å². The highest BCUT2D eigenvalue weighted by Crippen LogP contribution is 2.35. The quantitative estimate of drug-likeness (QED) is 0.818. The van der Waals surface area contributed by atoms with Gasteiger partial charge in [0.1, 0.15) is 6.61 Å². The molecule has 100 valence electrons. The number of alkyl halides is 3. The Bertz CT molecular complexity index is 433. The van der Waals surface area contributed by atoms with Gasteiger partial charge in [-0.1, -0.05) is 0 Å². The number of hydrogen-bond donors (Lipinski definition) is 2. The van der Waals surface area contributed by atoms with Crippen molar-refractivity contribution in [3.05, 3.63) is 23.8 Å². The summed E-state index contributed by atoms with van der Waals surface area (Å²) < 4.78 is 42.9. The van der Waals surface area contributed by atoms with E-state index >= 15 is 0 Å². The fraction of sp³-hybridized carbons (Fsp3) is 0.364. The van der Waals surface area contributed by atoms with Crippen LogP contribution in [0.3, 0.4) is 0 Å². The maximum atomic E-state index is 12.7. The molecule has 0 aliphatic carbocycles. The largest absolute Gasteiger partial charge is 0.418 e. The fourth-order valence-electron chi connectivity index (χ4n) is 1.29. The molecular weight excluding hydrogens is 249 g/mol. The highest BCUT2D eigenvalue weighted by molar-refractivity contribution is 5.92. The van der Waals surface area contributed by atoms with Crippen molar-refractivity contribution in [3.8, 4) is 0 Å². The van der Waals surface area contributed by atoms with Crippen molar-refractivity contribution in [1.29, 1.82) is 0 Å². The van der Waals surface area contributed by atoms with Crippen LogP contribution in [-0.4, -0.2) is 19.1 Å². The molecule has 1 rings (SSSR count). The van der Waals surface area contributed by atoms with Crippen LogP contribution in [0.5, 0.6) is 0 Å². The Morgan fingerprint density at radius 3 is 2.67 bits per heavy atom. The van der Waals surface area contributed by atoms with E-state index in [-0.39, 0.29) is 18.0 Å². The third kappa shape index (κ3) is 3.92. The third-order valence-corrected chi connectivity index (χ3v) is 2.06. The van der Waals surface area contributed by atoms with Crippen LogP contribution in [0, 0.1) is 0 Å². The van der Waals surface area contributed by atoms with E-state index in [1.807, 2.05) is 0 Å². The first-order valence-electron chi connectivity index (χ1n) is 5.19. The minimum Gasteiger partial charge on any atom is -0.399 e. The van der Waals surface area contributed by atoms with Gasteiger partial charge in [0.05, 0.1) is 11.3 Å². The number of nitrogen functional groups attached to an aromatic ring is 1. The Kier molecular flexibility index (Phi) is 4.55. The Labute approximate surface area is 102 Å². The Balaban J connectivity index is 2.92. The van der Waals surface area contributed by atoms with E-state index in [1.54, 1.807) is 6.92 Å². The van der Waals surface area contributed by atoms with Crippen LogP contribution in [0.1, 0.15) is 12.5 Å². The highest BCUT2D eigenvalue weighted by atomic mass is 19.4. The van der Waals surface area contributed by atoms with Crippen molar-refractivity contribution in [2.24, 2.45) is 0 Å². The first kappa shape index (κ1) is 14.3. The molecule has 0 fully saturated rings. The van der Waals surface area contributed by atoms with E-state index < -0.39 is 17.6 Å². The molecule has 0 bridgehead atoms.